The summed E-state index contributed by atoms with van der Waals surface area (Å²) in [5.74, 6) is 3.10. The molecule has 1 atom stereocenters. The van der Waals surface area contributed by atoms with Crippen LogP contribution in [0, 0.1) is 5.92 Å². The lowest BCUT2D eigenvalue weighted by atomic mass is 9.91. The molecule has 2 nitrogen and oxygen atoms in total. The van der Waals surface area contributed by atoms with Crippen molar-refractivity contribution in [1.29, 1.82) is 0 Å². The smallest absolute Gasteiger partial charge is 0.422 e. The van der Waals surface area contributed by atoms with E-state index in [0.717, 1.165) is 17.6 Å². The maximum Gasteiger partial charge on any atom is 0.422 e. The summed E-state index contributed by atoms with van der Waals surface area (Å²) in [6.45, 7) is 4.35. The normalized spacial score (nSPS) is 20.6. The fraction of sp³-hybridized carbons (Fsp3) is 0.538. The zero-order chi connectivity index (χ0) is 13.8. The summed E-state index contributed by atoms with van der Waals surface area (Å²) in [5, 5.41) is 0. The summed E-state index contributed by atoms with van der Waals surface area (Å²) in [6, 6.07) is 0. The van der Waals surface area contributed by atoms with Crippen molar-refractivity contribution in [3.63, 3.8) is 0 Å². The quantitative estimate of drug-likeness (QED) is 0.750. The number of nitrogens with zero attached hydrogens (tertiary/aromatic N) is 1. The maximum absolute atomic E-state index is 12.1. The van der Waals surface area contributed by atoms with E-state index in [1.54, 1.807) is 6.92 Å². The molecule has 1 aliphatic heterocycles. The van der Waals surface area contributed by atoms with Crippen LogP contribution in [0.3, 0.4) is 0 Å². The van der Waals surface area contributed by atoms with Crippen LogP contribution in [0.25, 0.3) is 0 Å². The van der Waals surface area contributed by atoms with Crippen LogP contribution < -0.4 is 0 Å². The standard InChI is InChI=1S/C13H16F3NO/c1-4-11-7-17-6-5-12(10(3)9(11)2)18-8-13(14,15)16/h5-6,9H,4,8H2,1-3H3. The van der Waals surface area contributed by atoms with Gasteiger partial charge in [-0.1, -0.05) is 13.8 Å². The van der Waals surface area contributed by atoms with Crippen LogP contribution in [0.5, 0.6) is 0 Å². The zero-order valence-corrected chi connectivity index (χ0v) is 10.6. The molecule has 18 heavy (non-hydrogen) atoms. The molecule has 1 heterocycles. The van der Waals surface area contributed by atoms with Gasteiger partial charge in [-0.25, -0.2) is 4.99 Å². The van der Waals surface area contributed by atoms with Gasteiger partial charge < -0.3 is 4.74 Å². The molecule has 5 heteroatoms. The Morgan fingerprint density at radius 2 is 2.11 bits per heavy atom. The lowest BCUT2D eigenvalue weighted by Crippen LogP contribution is -2.17. The molecule has 0 spiro atoms. The van der Waals surface area contributed by atoms with Gasteiger partial charge in [0.15, 0.2) is 6.61 Å². The molecule has 0 saturated heterocycles. The Labute approximate surface area is 105 Å². The third-order valence-corrected chi connectivity index (χ3v) is 2.84. The van der Waals surface area contributed by atoms with Crippen molar-refractivity contribution < 1.29 is 17.9 Å². The van der Waals surface area contributed by atoms with Crippen LogP contribution in [-0.4, -0.2) is 18.7 Å². The van der Waals surface area contributed by atoms with Gasteiger partial charge in [0.2, 0.25) is 0 Å². The van der Waals surface area contributed by atoms with Crippen molar-refractivity contribution >= 4 is 5.87 Å². The monoisotopic (exact) mass is 259 g/mol. The number of hydrogen-bond donors (Lipinski definition) is 0. The summed E-state index contributed by atoms with van der Waals surface area (Å²) in [4.78, 5) is 3.90. The molecule has 0 aliphatic carbocycles. The molecule has 1 aliphatic rings. The molecule has 0 saturated carbocycles. The van der Waals surface area contributed by atoms with Gasteiger partial charge >= 0.3 is 6.18 Å². The van der Waals surface area contributed by atoms with E-state index in [-0.39, 0.29) is 11.7 Å². The second-order valence-electron chi connectivity index (χ2n) is 4.11. The van der Waals surface area contributed by atoms with Crippen LogP contribution in [0.1, 0.15) is 27.2 Å². The molecule has 0 aromatic heterocycles. The largest absolute Gasteiger partial charge is 0.484 e. The summed E-state index contributed by atoms with van der Waals surface area (Å²) in [6.07, 6.45) is -0.740. The Kier molecular flexibility index (Phi) is 4.79. The van der Waals surface area contributed by atoms with Gasteiger partial charge in [-0.15, -0.1) is 0 Å². The Morgan fingerprint density at radius 3 is 2.67 bits per heavy atom. The molecule has 0 amide bonds. The highest BCUT2D eigenvalue weighted by Gasteiger charge is 2.29. The van der Waals surface area contributed by atoms with Crippen LogP contribution in [0.4, 0.5) is 13.2 Å². The van der Waals surface area contributed by atoms with E-state index in [4.69, 9.17) is 4.74 Å². The van der Waals surface area contributed by atoms with Gasteiger partial charge in [0.05, 0.1) is 0 Å². The Balaban J connectivity index is 2.94. The zero-order valence-electron chi connectivity index (χ0n) is 10.6. The first kappa shape index (κ1) is 14.6. The third-order valence-electron chi connectivity index (χ3n) is 2.84. The third kappa shape index (κ3) is 4.08. The van der Waals surface area contributed by atoms with Crippen molar-refractivity contribution in [3.05, 3.63) is 29.2 Å². The highest BCUT2D eigenvalue weighted by Crippen LogP contribution is 2.26. The van der Waals surface area contributed by atoms with E-state index in [9.17, 15) is 13.2 Å². The summed E-state index contributed by atoms with van der Waals surface area (Å²) in [5.41, 5.74) is 1.71. The minimum Gasteiger partial charge on any atom is -0.484 e. The summed E-state index contributed by atoms with van der Waals surface area (Å²) in [7, 11) is 0. The van der Waals surface area contributed by atoms with Crippen molar-refractivity contribution in [2.24, 2.45) is 10.9 Å². The van der Waals surface area contributed by atoms with Crippen molar-refractivity contribution in [2.75, 3.05) is 6.61 Å². The van der Waals surface area contributed by atoms with E-state index < -0.39 is 12.8 Å². The fourth-order valence-electron chi connectivity index (χ4n) is 1.63. The van der Waals surface area contributed by atoms with Gasteiger partial charge in [0.25, 0.3) is 0 Å². The topological polar surface area (TPSA) is 21.6 Å². The molecule has 0 N–H and O–H groups in total. The fourth-order valence-corrected chi connectivity index (χ4v) is 1.63. The minimum absolute atomic E-state index is 0.0214. The molecular weight excluding hydrogens is 243 g/mol. The van der Waals surface area contributed by atoms with Gasteiger partial charge in [-0.2, -0.15) is 13.2 Å². The molecule has 100 valence electrons. The van der Waals surface area contributed by atoms with Gasteiger partial charge in [0.1, 0.15) is 5.76 Å². The molecule has 1 unspecified atom stereocenters. The number of hydrogen-bond acceptors (Lipinski definition) is 2. The van der Waals surface area contributed by atoms with E-state index in [2.05, 4.69) is 10.9 Å². The first-order valence-corrected chi connectivity index (χ1v) is 5.73. The Morgan fingerprint density at radius 1 is 1.44 bits per heavy atom. The van der Waals surface area contributed by atoms with Crippen LogP contribution in [-0.2, 0) is 4.74 Å². The van der Waals surface area contributed by atoms with Gasteiger partial charge in [0, 0.05) is 12.1 Å². The van der Waals surface area contributed by atoms with E-state index >= 15 is 0 Å². The van der Waals surface area contributed by atoms with Crippen LogP contribution >= 0.6 is 0 Å². The molecule has 0 radical (unpaired) electrons. The predicted octanol–water partition coefficient (Wildman–Crippen LogP) is 4.01. The molecular formula is C13H16F3NO. The number of rotatable bonds is 3. The second kappa shape index (κ2) is 5.91. The Bertz CT molecular complexity index is 426. The number of alkyl halides is 3. The minimum atomic E-state index is -4.33. The first-order valence-electron chi connectivity index (χ1n) is 5.73. The number of allylic oxidation sites excluding steroid dienone is 3. The number of aliphatic imine (C=N–C) groups is 1. The van der Waals surface area contributed by atoms with E-state index in [1.807, 2.05) is 13.8 Å². The molecule has 1 rings (SSSR count). The maximum atomic E-state index is 12.1. The Hall–Kier alpha value is -1.48. The van der Waals surface area contributed by atoms with E-state index in [0.29, 0.717) is 0 Å². The highest BCUT2D eigenvalue weighted by atomic mass is 19.4. The lowest BCUT2D eigenvalue weighted by Gasteiger charge is -2.19. The first-order chi connectivity index (χ1) is 8.35. The molecule has 0 aromatic carbocycles. The van der Waals surface area contributed by atoms with Gasteiger partial charge in [-0.05, 0) is 36.4 Å². The van der Waals surface area contributed by atoms with Crippen LogP contribution in [0.2, 0.25) is 0 Å². The average Bonchev–Trinajstić information content (AvgIpc) is 2.28. The summed E-state index contributed by atoms with van der Waals surface area (Å²) >= 11 is 0. The predicted molar refractivity (Wildman–Crippen MR) is 64.3 cm³/mol. The SMILES string of the molecule is CCC1=C=NC=CC(OCC(F)(F)F)=C(C)C1C. The molecule has 0 bridgehead atoms. The van der Waals surface area contributed by atoms with Crippen molar-refractivity contribution in [3.8, 4) is 0 Å². The lowest BCUT2D eigenvalue weighted by molar-refractivity contribution is -0.164. The van der Waals surface area contributed by atoms with Gasteiger partial charge in [-0.3, -0.25) is 0 Å². The molecule has 0 aromatic rings. The second-order valence-corrected chi connectivity index (χ2v) is 4.11. The van der Waals surface area contributed by atoms with E-state index in [1.165, 1.54) is 12.3 Å². The number of ether oxygens (including phenoxy) is 1. The number of halogens is 3. The average molecular weight is 259 g/mol. The highest BCUT2D eigenvalue weighted by molar-refractivity contribution is 5.61. The van der Waals surface area contributed by atoms with Crippen LogP contribution in [0.15, 0.2) is 34.2 Å². The van der Waals surface area contributed by atoms with Crippen molar-refractivity contribution in [2.45, 2.75) is 33.4 Å². The molecule has 0 fully saturated rings. The summed E-state index contributed by atoms with van der Waals surface area (Å²) < 4.78 is 41.3. The van der Waals surface area contributed by atoms with Crippen molar-refractivity contribution in [1.82, 2.24) is 0 Å².